The van der Waals surface area contributed by atoms with Gasteiger partial charge in [0.15, 0.2) is 0 Å². The molecule has 0 aliphatic carbocycles. The van der Waals surface area contributed by atoms with Crippen molar-refractivity contribution >= 4 is 26.0 Å². The zero-order valence-corrected chi connectivity index (χ0v) is 9.58. The first-order chi connectivity index (χ1) is 6.54. The summed E-state index contributed by atoms with van der Waals surface area (Å²) in [4.78, 5) is -0.111. The number of halogens is 1. The molecule has 0 saturated carbocycles. The van der Waals surface area contributed by atoms with Crippen LogP contribution in [0.3, 0.4) is 0 Å². The van der Waals surface area contributed by atoms with E-state index in [-0.39, 0.29) is 4.90 Å². The third-order valence-corrected chi connectivity index (χ3v) is 2.76. The molecule has 4 nitrogen and oxygen atoms in total. The summed E-state index contributed by atoms with van der Waals surface area (Å²) in [5, 5.41) is 0. The minimum Gasteiger partial charge on any atom is -0.366 e. The molecule has 78 valence electrons. The Balaban J connectivity index is 2.79. The molecule has 0 fully saturated rings. The van der Waals surface area contributed by atoms with Crippen LogP contribution >= 0.6 is 15.9 Å². The molecule has 0 heterocycles. The number of alkyl halides is 1. The minimum absolute atomic E-state index is 0.111. The number of hydrogen-bond acceptors (Lipinski definition) is 3. The molecule has 0 unspecified atom stereocenters. The quantitative estimate of drug-likeness (QED) is 0.675. The van der Waals surface area contributed by atoms with Crippen LogP contribution in [0.1, 0.15) is 5.56 Å². The van der Waals surface area contributed by atoms with Gasteiger partial charge in [-0.25, -0.2) is 0 Å². The Morgan fingerprint density at radius 1 is 1.29 bits per heavy atom. The highest BCUT2D eigenvalue weighted by atomic mass is 79.9. The largest absolute Gasteiger partial charge is 0.366 e. The average molecular weight is 281 g/mol. The monoisotopic (exact) mass is 280 g/mol. The molecule has 0 bridgehead atoms. The molecule has 0 amide bonds. The zero-order valence-electron chi connectivity index (χ0n) is 7.18. The fourth-order valence-electron chi connectivity index (χ4n) is 0.914. The summed E-state index contributed by atoms with van der Waals surface area (Å²) in [6.07, 6.45) is 0. The molecule has 0 aliphatic heterocycles. The lowest BCUT2D eigenvalue weighted by atomic mass is 10.2. The van der Waals surface area contributed by atoms with Crippen LogP contribution in [0.5, 0.6) is 0 Å². The maximum absolute atomic E-state index is 10.7. The summed E-state index contributed by atoms with van der Waals surface area (Å²) >= 11 is 3.09. The third kappa shape index (κ3) is 3.38. The Labute approximate surface area is 90.8 Å². The first-order valence-corrected chi connectivity index (χ1v) is 6.30. The van der Waals surface area contributed by atoms with E-state index >= 15 is 0 Å². The predicted molar refractivity (Wildman–Crippen MR) is 54.8 cm³/mol. The van der Waals surface area contributed by atoms with Crippen LogP contribution in [0.25, 0.3) is 0 Å². The summed E-state index contributed by atoms with van der Waals surface area (Å²) in [6, 6.07) is 5.85. The van der Waals surface area contributed by atoms with E-state index in [1.54, 1.807) is 12.1 Å². The van der Waals surface area contributed by atoms with Gasteiger partial charge in [-0.15, -0.1) is 0 Å². The van der Waals surface area contributed by atoms with Gasteiger partial charge in [0.05, 0.1) is 11.5 Å². The van der Waals surface area contributed by atoms with E-state index < -0.39 is 10.1 Å². The summed E-state index contributed by atoms with van der Waals surface area (Å²) in [6.45, 7) is 0.400. The van der Waals surface area contributed by atoms with Crippen molar-refractivity contribution in [3.05, 3.63) is 29.8 Å². The number of benzene rings is 1. The summed E-state index contributed by atoms with van der Waals surface area (Å²) in [5.74, 6) is 0. The van der Waals surface area contributed by atoms with Gasteiger partial charge < -0.3 is 4.74 Å². The van der Waals surface area contributed by atoms with Crippen molar-refractivity contribution in [2.45, 2.75) is 11.5 Å². The lowest BCUT2D eigenvalue weighted by Crippen LogP contribution is -1.98. The lowest BCUT2D eigenvalue weighted by molar-refractivity contribution is 0.172. The minimum atomic E-state index is -4.09. The maximum Gasteiger partial charge on any atom is 0.294 e. The topological polar surface area (TPSA) is 63.6 Å². The Bertz CT molecular complexity index is 384. The van der Waals surface area contributed by atoms with E-state index in [2.05, 4.69) is 15.9 Å². The van der Waals surface area contributed by atoms with Gasteiger partial charge in [0.1, 0.15) is 5.52 Å². The Hall–Kier alpha value is -0.430. The first-order valence-electron chi connectivity index (χ1n) is 3.74. The number of rotatable bonds is 4. The summed E-state index contributed by atoms with van der Waals surface area (Å²) in [5.41, 5.74) is 1.27. The fraction of sp³-hybridized carbons (Fsp3) is 0.250. The molecule has 0 saturated heterocycles. The van der Waals surface area contributed by atoms with Crippen molar-refractivity contribution < 1.29 is 17.7 Å². The highest BCUT2D eigenvalue weighted by Crippen LogP contribution is 2.10. The normalized spacial score (nSPS) is 11.6. The van der Waals surface area contributed by atoms with E-state index in [0.717, 1.165) is 5.56 Å². The van der Waals surface area contributed by atoms with Crippen LogP contribution < -0.4 is 0 Å². The predicted octanol–water partition coefficient (Wildman–Crippen LogP) is 1.80. The molecule has 1 rings (SSSR count). The Morgan fingerprint density at radius 2 is 1.86 bits per heavy atom. The SMILES string of the molecule is O=S(=O)(O)c1ccc(COCBr)cc1. The second-order valence-corrected chi connectivity index (χ2v) is 4.46. The second kappa shape index (κ2) is 4.88. The molecular weight excluding hydrogens is 272 g/mol. The highest BCUT2D eigenvalue weighted by molar-refractivity contribution is 9.09. The average Bonchev–Trinajstić information content (AvgIpc) is 2.14. The van der Waals surface area contributed by atoms with Crippen LogP contribution in [0.15, 0.2) is 29.2 Å². The van der Waals surface area contributed by atoms with E-state index in [1.165, 1.54) is 12.1 Å². The Morgan fingerprint density at radius 3 is 2.29 bits per heavy atom. The van der Waals surface area contributed by atoms with Crippen molar-refractivity contribution in [2.75, 3.05) is 5.52 Å². The van der Waals surface area contributed by atoms with Crippen LogP contribution in [0.2, 0.25) is 0 Å². The molecule has 6 heteroatoms. The standard InChI is InChI=1S/C8H9BrO4S/c9-6-13-5-7-1-3-8(4-2-7)14(10,11)12/h1-4H,5-6H2,(H,10,11,12). The van der Waals surface area contributed by atoms with Crippen LogP contribution in [0, 0.1) is 0 Å². The van der Waals surface area contributed by atoms with Gasteiger partial charge in [0.25, 0.3) is 10.1 Å². The summed E-state index contributed by atoms with van der Waals surface area (Å²) < 4.78 is 35.1. The lowest BCUT2D eigenvalue weighted by Gasteiger charge is -2.01. The van der Waals surface area contributed by atoms with E-state index in [4.69, 9.17) is 9.29 Å². The molecule has 0 spiro atoms. The van der Waals surface area contributed by atoms with Crippen molar-refractivity contribution in [3.63, 3.8) is 0 Å². The Kier molecular flexibility index (Phi) is 4.06. The molecule has 0 radical (unpaired) electrons. The van der Waals surface area contributed by atoms with Gasteiger partial charge in [0.2, 0.25) is 0 Å². The van der Waals surface area contributed by atoms with Gasteiger partial charge in [-0.3, -0.25) is 4.55 Å². The van der Waals surface area contributed by atoms with E-state index in [9.17, 15) is 8.42 Å². The molecule has 0 aromatic heterocycles. The second-order valence-electron chi connectivity index (χ2n) is 2.58. The molecule has 14 heavy (non-hydrogen) atoms. The maximum atomic E-state index is 10.7. The van der Waals surface area contributed by atoms with Gasteiger partial charge in [-0.1, -0.05) is 28.1 Å². The smallest absolute Gasteiger partial charge is 0.294 e. The molecule has 0 aliphatic rings. The van der Waals surface area contributed by atoms with Gasteiger partial charge in [-0.2, -0.15) is 8.42 Å². The van der Waals surface area contributed by atoms with Gasteiger partial charge in [-0.05, 0) is 17.7 Å². The molecule has 0 atom stereocenters. The van der Waals surface area contributed by atoms with Crippen molar-refractivity contribution in [2.24, 2.45) is 0 Å². The number of hydrogen-bond donors (Lipinski definition) is 1. The van der Waals surface area contributed by atoms with Crippen LogP contribution in [0.4, 0.5) is 0 Å². The number of ether oxygens (including phenoxy) is 1. The molecule has 1 aromatic carbocycles. The first kappa shape index (κ1) is 11.6. The zero-order chi connectivity index (χ0) is 10.6. The third-order valence-electron chi connectivity index (χ3n) is 1.57. The molecule has 1 N–H and O–H groups in total. The summed E-state index contributed by atoms with van der Waals surface area (Å²) in [7, 11) is -4.09. The molecular formula is C8H9BrO4S. The van der Waals surface area contributed by atoms with E-state index in [1.807, 2.05) is 0 Å². The van der Waals surface area contributed by atoms with Gasteiger partial charge in [0, 0.05) is 0 Å². The van der Waals surface area contributed by atoms with Crippen molar-refractivity contribution in [1.29, 1.82) is 0 Å². The highest BCUT2D eigenvalue weighted by Gasteiger charge is 2.07. The van der Waals surface area contributed by atoms with Gasteiger partial charge >= 0.3 is 0 Å². The van der Waals surface area contributed by atoms with Crippen molar-refractivity contribution in [1.82, 2.24) is 0 Å². The van der Waals surface area contributed by atoms with E-state index in [0.29, 0.717) is 12.1 Å². The van der Waals surface area contributed by atoms with Crippen LogP contribution in [-0.4, -0.2) is 18.5 Å². The van der Waals surface area contributed by atoms with Crippen molar-refractivity contribution in [3.8, 4) is 0 Å². The van der Waals surface area contributed by atoms with Crippen LogP contribution in [-0.2, 0) is 21.5 Å². The molecule has 1 aromatic rings. The fourth-order valence-corrected chi connectivity index (χ4v) is 1.56.